The molecule has 1 aliphatic carbocycles. The van der Waals surface area contributed by atoms with Gasteiger partial charge in [-0.15, -0.1) is 0 Å². The lowest BCUT2D eigenvalue weighted by Crippen LogP contribution is -2.43. The molecule has 4 rings (SSSR count). The predicted molar refractivity (Wildman–Crippen MR) is 116 cm³/mol. The highest BCUT2D eigenvalue weighted by Crippen LogP contribution is 2.29. The molecule has 0 bridgehead atoms. The zero-order chi connectivity index (χ0) is 21.1. The smallest absolute Gasteiger partial charge is 0.243 e. The van der Waals surface area contributed by atoms with Crippen LogP contribution in [0.3, 0.4) is 0 Å². The zero-order valence-electron chi connectivity index (χ0n) is 17.2. The van der Waals surface area contributed by atoms with E-state index in [2.05, 4.69) is 5.32 Å². The molecule has 1 saturated heterocycles. The van der Waals surface area contributed by atoms with Gasteiger partial charge in [0.1, 0.15) is 6.04 Å². The minimum absolute atomic E-state index is 0.225. The van der Waals surface area contributed by atoms with E-state index >= 15 is 0 Å². The molecule has 2 aliphatic rings. The summed E-state index contributed by atoms with van der Waals surface area (Å²) in [6.07, 6.45) is 3.68. The van der Waals surface area contributed by atoms with Gasteiger partial charge in [0.2, 0.25) is 15.9 Å². The Morgan fingerprint density at radius 3 is 2.63 bits per heavy atom. The molecule has 0 aromatic heterocycles. The van der Waals surface area contributed by atoms with E-state index in [0.29, 0.717) is 37.6 Å². The average molecular weight is 429 g/mol. The molecule has 2 aromatic carbocycles. The van der Waals surface area contributed by atoms with Crippen molar-refractivity contribution in [1.82, 2.24) is 4.31 Å². The van der Waals surface area contributed by atoms with Gasteiger partial charge in [-0.2, -0.15) is 4.31 Å². The Hall–Kier alpha value is -2.22. The average Bonchev–Trinajstić information content (AvgIpc) is 3.40. The zero-order valence-corrected chi connectivity index (χ0v) is 18.0. The fourth-order valence-corrected chi connectivity index (χ4v) is 5.38. The van der Waals surface area contributed by atoms with Gasteiger partial charge in [0.25, 0.3) is 0 Å². The van der Waals surface area contributed by atoms with Crippen molar-refractivity contribution in [2.75, 3.05) is 18.5 Å². The fourth-order valence-electron chi connectivity index (χ4n) is 3.73. The Labute approximate surface area is 178 Å². The first-order valence-electron chi connectivity index (χ1n) is 10.5. The molecule has 160 valence electrons. The predicted octanol–water partition coefficient (Wildman–Crippen LogP) is 3.71. The van der Waals surface area contributed by atoms with Crippen LogP contribution in [-0.4, -0.2) is 37.8 Å². The number of aryl methyl sites for hydroxylation is 1. The molecule has 1 amide bonds. The third-order valence-electron chi connectivity index (χ3n) is 5.65. The van der Waals surface area contributed by atoms with E-state index in [1.165, 1.54) is 17.1 Å². The summed E-state index contributed by atoms with van der Waals surface area (Å²) >= 11 is 0. The summed E-state index contributed by atoms with van der Waals surface area (Å²) in [5, 5.41) is 2.90. The second-order valence-corrected chi connectivity index (χ2v) is 10.1. The van der Waals surface area contributed by atoms with Gasteiger partial charge in [-0.3, -0.25) is 4.79 Å². The van der Waals surface area contributed by atoms with Gasteiger partial charge in [0.05, 0.1) is 11.5 Å². The number of benzene rings is 2. The van der Waals surface area contributed by atoms with Gasteiger partial charge >= 0.3 is 0 Å². The molecule has 1 saturated carbocycles. The number of hydrogen-bond donors (Lipinski definition) is 1. The first kappa shape index (κ1) is 21.0. The van der Waals surface area contributed by atoms with Crippen LogP contribution in [-0.2, 0) is 26.2 Å². The molecular formula is C23H28N2O4S. The monoisotopic (exact) mass is 428 g/mol. The Morgan fingerprint density at radius 2 is 1.90 bits per heavy atom. The number of ether oxygens (including phenoxy) is 1. The quantitative estimate of drug-likeness (QED) is 0.695. The molecule has 30 heavy (non-hydrogen) atoms. The van der Waals surface area contributed by atoms with Crippen molar-refractivity contribution in [2.24, 2.45) is 5.92 Å². The number of hydrogen-bond acceptors (Lipinski definition) is 4. The highest BCUT2D eigenvalue weighted by atomic mass is 32.2. The number of nitrogens with one attached hydrogen (secondary N) is 1. The molecule has 0 radical (unpaired) electrons. The van der Waals surface area contributed by atoms with Crippen molar-refractivity contribution < 1.29 is 17.9 Å². The van der Waals surface area contributed by atoms with Crippen LogP contribution in [0.4, 0.5) is 5.69 Å². The summed E-state index contributed by atoms with van der Waals surface area (Å²) < 4.78 is 33.2. The Morgan fingerprint density at radius 1 is 1.13 bits per heavy atom. The van der Waals surface area contributed by atoms with Crippen molar-refractivity contribution >= 4 is 21.6 Å². The summed E-state index contributed by atoms with van der Waals surface area (Å²) in [4.78, 5) is 13.2. The van der Waals surface area contributed by atoms with Crippen molar-refractivity contribution in [3.8, 4) is 0 Å². The molecule has 1 heterocycles. The van der Waals surface area contributed by atoms with E-state index in [0.717, 1.165) is 17.7 Å². The van der Waals surface area contributed by atoms with E-state index in [9.17, 15) is 13.2 Å². The lowest BCUT2D eigenvalue weighted by molar-refractivity contribution is -0.119. The Balaban J connectivity index is 1.42. The highest BCUT2D eigenvalue weighted by molar-refractivity contribution is 7.89. The van der Waals surface area contributed by atoms with Gasteiger partial charge in [0.15, 0.2) is 0 Å². The number of carbonyl (C=O) groups is 1. The molecule has 1 N–H and O–H groups in total. The maximum absolute atomic E-state index is 13.1. The number of rotatable bonds is 8. The van der Waals surface area contributed by atoms with Crippen LogP contribution in [0.1, 0.15) is 36.8 Å². The van der Waals surface area contributed by atoms with Crippen molar-refractivity contribution in [1.29, 1.82) is 0 Å². The van der Waals surface area contributed by atoms with E-state index in [-0.39, 0.29) is 10.8 Å². The van der Waals surface area contributed by atoms with E-state index in [1.807, 2.05) is 31.2 Å². The van der Waals surface area contributed by atoms with Crippen LogP contribution in [0.15, 0.2) is 53.4 Å². The maximum Gasteiger partial charge on any atom is 0.243 e. The number of carbonyl (C=O) groups excluding carboxylic acids is 1. The maximum atomic E-state index is 13.1. The van der Waals surface area contributed by atoms with Gasteiger partial charge in [0, 0.05) is 18.8 Å². The molecule has 1 aliphatic heterocycles. The minimum atomic E-state index is -3.71. The standard InChI is InChI=1S/C23H28N2O4S/c1-17-7-11-21(12-8-17)30(27,28)25-13-3-6-22(25)23(26)24-20-5-2-4-19(14-20)16-29-15-18-9-10-18/h2,4-5,7-8,11-12,14,18,22H,3,6,9-10,13,15-16H2,1H3,(H,24,26)/t22-/m0/s1. The topological polar surface area (TPSA) is 75.7 Å². The SMILES string of the molecule is Cc1ccc(S(=O)(=O)N2CCC[C@H]2C(=O)Nc2cccc(COCC3CC3)c2)cc1. The van der Waals surface area contributed by atoms with Crippen LogP contribution >= 0.6 is 0 Å². The Kier molecular flexibility index (Phi) is 6.22. The van der Waals surface area contributed by atoms with Crippen LogP contribution in [0.5, 0.6) is 0 Å². The number of nitrogens with zero attached hydrogens (tertiary/aromatic N) is 1. The normalized spacial score (nSPS) is 19.7. The fraction of sp³-hybridized carbons (Fsp3) is 0.435. The van der Waals surface area contributed by atoms with Crippen molar-refractivity contribution in [2.45, 2.75) is 50.2 Å². The lowest BCUT2D eigenvalue weighted by Gasteiger charge is -2.23. The van der Waals surface area contributed by atoms with Crippen molar-refractivity contribution in [3.63, 3.8) is 0 Å². The molecule has 1 atom stereocenters. The van der Waals surface area contributed by atoms with E-state index in [1.54, 1.807) is 24.3 Å². The molecule has 0 spiro atoms. The third kappa shape index (κ3) is 4.91. The minimum Gasteiger partial charge on any atom is -0.376 e. The Bertz CT molecular complexity index is 1000. The number of amides is 1. The largest absolute Gasteiger partial charge is 0.376 e. The second-order valence-electron chi connectivity index (χ2n) is 8.23. The second kappa shape index (κ2) is 8.88. The van der Waals surface area contributed by atoms with Crippen molar-refractivity contribution in [3.05, 3.63) is 59.7 Å². The van der Waals surface area contributed by atoms with E-state index in [4.69, 9.17) is 4.74 Å². The first-order chi connectivity index (χ1) is 14.4. The summed E-state index contributed by atoms with van der Waals surface area (Å²) in [7, 11) is -3.71. The van der Waals surface area contributed by atoms with Gasteiger partial charge in [-0.05, 0) is 68.4 Å². The molecule has 0 unspecified atom stereocenters. The molecule has 7 heteroatoms. The van der Waals surface area contributed by atoms with E-state index < -0.39 is 16.1 Å². The molecule has 2 aromatic rings. The summed E-state index contributed by atoms with van der Waals surface area (Å²) in [5.74, 6) is 0.413. The summed E-state index contributed by atoms with van der Waals surface area (Å²) in [5.41, 5.74) is 2.64. The third-order valence-corrected chi connectivity index (χ3v) is 7.57. The van der Waals surface area contributed by atoms with Crippen LogP contribution in [0.25, 0.3) is 0 Å². The van der Waals surface area contributed by atoms with Crippen LogP contribution in [0.2, 0.25) is 0 Å². The molecular weight excluding hydrogens is 400 g/mol. The van der Waals surface area contributed by atoms with Gasteiger partial charge in [-0.25, -0.2) is 8.42 Å². The molecule has 6 nitrogen and oxygen atoms in total. The highest BCUT2D eigenvalue weighted by Gasteiger charge is 2.39. The number of anilines is 1. The van der Waals surface area contributed by atoms with Crippen LogP contribution in [0, 0.1) is 12.8 Å². The molecule has 2 fully saturated rings. The first-order valence-corrected chi connectivity index (χ1v) is 11.9. The van der Waals surface area contributed by atoms with Gasteiger partial charge in [-0.1, -0.05) is 29.8 Å². The summed E-state index contributed by atoms with van der Waals surface area (Å²) in [6.45, 7) is 3.55. The summed E-state index contributed by atoms with van der Waals surface area (Å²) in [6, 6.07) is 13.6. The lowest BCUT2D eigenvalue weighted by atomic mass is 10.2. The van der Waals surface area contributed by atoms with Gasteiger partial charge < -0.3 is 10.1 Å². The number of sulfonamides is 1. The van der Waals surface area contributed by atoms with Crippen LogP contribution < -0.4 is 5.32 Å².